The van der Waals surface area contributed by atoms with Crippen LogP contribution in [0.2, 0.25) is 0 Å². The second-order valence-electron chi connectivity index (χ2n) is 3.87. The van der Waals surface area contributed by atoms with Crippen molar-refractivity contribution in [1.29, 1.82) is 0 Å². The van der Waals surface area contributed by atoms with Crippen LogP contribution in [0.5, 0.6) is 0 Å². The van der Waals surface area contributed by atoms with Crippen molar-refractivity contribution in [1.82, 2.24) is 9.78 Å². The number of aromatic nitrogens is 2. The Kier molecular flexibility index (Phi) is 3.35. The monoisotopic (exact) mass is 229 g/mol. The first-order valence-electron chi connectivity index (χ1n) is 5.54. The summed E-state index contributed by atoms with van der Waals surface area (Å²) >= 11 is 0. The molecule has 0 amide bonds. The van der Waals surface area contributed by atoms with Crippen LogP contribution in [0, 0.1) is 0 Å². The van der Waals surface area contributed by atoms with E-state index >= 15 is 0 Å². The summed E-state index contributed by atoms with van der Waals surface area (Å²) in [5.74, 6) is -0.00551. The van der Waals surface area contributed by atoms with Gasteiger partial charge in [-0.1, -0.05) is 24.3 Å². The second-order valence-corrected chi connectivity index (χ2v) is 3.87. The molecule has 0 saturated carbocycles. The molecule has 2 rings (SSSR count). The SMILES string of the molecule is Cn1nccc1C(=O)c1ccccc1CCN. The van der Waals surface area contributed by atoms with Crippen LogP contribution in [0.25, 0.3) is 0 Å². The van der Waals surface area contributed by atoms with E-state index < -0.39 is 0 Å². The zero-order valence-electron chi connectivity index (χ0n) is 9.76. The molecule has 88 valence electrons. The number of nitrogens with zero attached hydrogens (tertiary/aromatic N) is 2. The quantitative estimate of drug-likeness (QED) is 0.800. The van der Waals surface area contributed by atoms with Gasteiger partial charge in [-0.3, -0.25) is 9.48 Å². The maximum Gasteiger partial charge on any atom is 0.211 e. The molecule has 2 N–H and O–H groups in total. The first-order chi connectivity index (χ1) is 8.24. The van der Waals surface area contributed by atoms with E-state index in [1.54, 1.807) is 24.0 Å². The Morgan fingerprint density at radius 3 is 2.76 bits per heavy atom. The minimum atomic E-state index is -0.00551. The van der Waals surface area contributed by atoms with Crippen LogP contribution in [-0.2, 0) is 13.5 Å². The Balaban J connectivity index is 2.40. The van der Waals surface area contributed by atoms with Crippen molar-refractivity contribution < 1.29 is 4.79 Å². The number of ketones is 1. The van der Waals surface area contributed by atoms with Crippen LogP contribution < -0.4 is 5.73 Å². The third-order valence-electron chi connectivity index (χ3n) is 2.73. The average Bonchev–Trinajstić information content (AvgIpc) is 2.76. The molecular formula is C13H15N3O. The maximum absolute atomic E-state index is 12.3. The largest absolute Gasteiger partial charge is 0.330 e. The summed E-state index contributed by atoms with van der Waals surface area (Å²) in [6.45, 7) is 0.537. The number of nitrogens with two attached hydrogens (primary N) is 1. The number of carbonyl (C=O) groups excluding carboxylic acids is 1. The van der Waals surface area contributed by atoms with Crippen molar-refractivity contribution in [2.45, 2.75) is 6.42 Å². The van der Waals surface area contributed by atoms with Gasteiger partial charge in [0, 0.05) is 18.8 Å². The van der Waals surface area contributed by atoms with E-state index in [-0.39, 0.29) is 5.78 Å². The standard InChI is InChI=1S/C13H15N3O/c1-16-12(7-9-15-16)13(17)11-5-3-2-4-10(11)6-8-14/h2-5,7,9H,6,8,14H2,1H3. The highest BCUT2D eigenvalue weighted by atomic mass is 16.1. The predicted octanol–water partition coefficient (Wildman–Crippen LogP) is 1.15. The molecule has 0 spiro atoms. The van der Waals surface area contributed by atoms with Gasteiger partial charge in [0.1, 0.15) is 5.69 Å². The maximum atomic E-state index is 12.3. The van der Waals surface area contributed by atoms with Crippen LogP contribution in [0.4, 0.5) is 0 Å². The Hall–Kier alpha value is -1.94. The van der Waals surface area contributed by atoms with Crippen LogP contribution in [-0.4, -0.2) is 22.1 Å². The molecule has 0 aliphatic heterocycles. The molecule has 0 atom stereocenters. The fraction of sp³-hybridized carbons (Fsp3) is 0.231. The van der Waals surface area contributed by atoms with Crippen molar-refractivity contribution in [2.75, 3.05) is 6.54 Å². The summed E-state index contributed by atoms with van der Waals surface area (Å²) in [5, 5.41) is 4.01. The third kappa shape index (κ3) is 2.26. The van der Waals surface area contributed by atoms with Crippen molar-refractivity contribution >= 4 is 5.78 Å². The number of benzene rings is 1. The molecule has 0 radical (unpaired) electrons. The topological polar surface area (TPSA) is 60.9 Å². The Morgan fingerprint density at radius 2 is 2.12 bits per heavy atom. The van der Waals surface area contributed by atoms with E-state index in [0.717, 1.165) is 5.56 Å². The molecule has 0 bridgehead atoms. The molecule has 1 heterocycles. The van der Waals surface area contributed by atoms with Gasteiger partial charge in [0.2, 0.25) is 5.78 Å². The lowest BCUT2D eigenvalue weighted by atomic mass is 9.99. The van der Waals surface area contributed by atoms with E-state index in [0.29, 0.717) is 24.2 Å². The summed E-state index contributed by atoms with van der Waals surface area (Å²) < 4.78 is 1.58. The van der Waals surface area contributed by atoms with Crippen molar-refractivity contribution in [3.63, 3.8) is 0 Å². The first-order valence-corrected chi connectivity index (χ1v) is 5.54. The Labute approximate surface area is 100 Å². The average molecular weight is 229 g/mol. The number of aryl methyl sites for hydroxylation is 1. The summed E-state index contributed by atoms with van der Waals surface area (Å²) in [7, 11) is 1.76. The fourth-order valence-corrected chi connectivity index (χ4v) is 1.85. The fourth-order valence-electron chi connectivity index (χ4n) is 1.85. The molecular weight excluding hydrogens is 214 g/mol. The summed E-state index contributed by atoms with van der Waals surface area (Å²) in [6, 6.07) is 9.28. The normalized spacial score (nSPS) is 10.5. The molecule has 0 unspecified atom stereocenters. The smallest absolute Gasteiger partial charge is 0.211 e. The third-order valence-corrected chi connectivity index (χ3v) is 2.73. The number of rotatable bonds is 4. The zero-order chi connectivity index (χ0) is 12.3. The first kappa shape index (κ1) is 11.5. The van der Waals surface area contributed by atoms with Gasteiger partial charge in [0.15, 0.2) is 0 Å². The highest BCUT2D eigenvalue weighted by Crippen LogP contribution is 2.14. The van der Waals surface area contributed by atoms with E-state index in [1.807, 2.05) is 24.3 Å². The van der Waals surface area contributed by atoms with Crippen LogP contribution >= 0.6 is 0 Å². The molecule has 0 fully saturated rings. The molecule has 1 aromatic carbocycles. The van der Waals surface area contributed by atoms with Gasteiger partial charge in [-0.25, -0.2) is 0 Å². The van der Waals surface area contributed by atoms with Gasteiger partial charge in [0.25, 0.3) is 0 Å². The highest BCUT2D eigenvalue weighted by molar-refractivity contribution is 6.08. The van der Waals surface area contributed by atoms with E-state index in [1.165, 1.54) is 0 Å². The Morgan fingerprint density at radius 1 is 1.35 bits per heavy atom. The molecule has 4 heteroatoms. The van der Waals surface area contributed by atoms with Gasteiger partial charge in [0.05, 0.1) is 0 Å². The van der Waals surface area contributed by atoms with E-state index in [2.05, 4.69) is 5.10 Å². The molecule has 0 aliphatic rings. The number of hydrogen-bond donors (Lipinski definition) is 1. The number of hydrogen-bond acceptors (Lipinski definition) is 3. The van der Waals surface area contributed by atoms with Crippen LogP contribution in [0.3, 0.4) is 0 Å². The van der Waals surface area contributed by atoms with E-state index in [4.69, 9.17) is 5.73 Å². The zero-order valence-corrected chi connectivity index (χ0v) is 9.76. The molecule has 4 nitrogen and oxygen atoms in total. The van der Waals surface area contributed by atoms with Gasteiger partial charge >= 0.3 is 0 Å². The molecule has 2 aromatic rings. The Bertz CT molecular complexity index is 531. The van der Waals surface area contributed by atoms with Crippen molar-refractivity contribution in [3.05, 3.63) is 53.3 Å². The molecule has 1 aromatic heterocycles. The van der Waals surface area contributed by atoms with Gasteiger partial charge in [-0.15, -0.1) is 0 Å². The van der Waals surface area contributed by atoms with Crippen LogP contribution in [0.1, 0.15) is 21.6 Å². The lowest BCUT2D eigenvalue weighted by Crippen LogP contribution is -2.12. The van der Waals surface area contributed by atoms with Crippen LogP contribution in [0.15, 0.2) is 36.5 Å². The highest BCUT2D eigenvalue weighted by Gasteiger charge is 2.15. The van der Waals surface area contributed by atoms with Gasteiger partial charge in [-0.05, 0) is 24.6 Å². The minimum Gasteiger partial charge on any atom is -0.330 e. The minimum absolute atomic E-state index is 0.00551. The second kappa shape index (κ2) is 4.93. The summed E-state index contributed by atoms with van der Waals surface area (Å²) in [6.07, 6.45) is 2.33. The summed E-state index contributed by atoms with van der Waals surface area (Å²) in [4.78, 5) is 12.3. The lowest BCUT2D eigenvalue weighted by molar-refractivity contribution is 0.102. The lowest BCUT2D eigenvalue weighted by Gasteiger charge is -2.07. The molecule has 0 saturated heterocycles. The van der Waals surface area contributed by atoms with Crippen molar-refractivity contribution in [2.24, 2.45) is 12.8 Å². The predicted molar refractivity (Wildman–Crippen MR) is 65.8 cm³/mol. The van der Waals surface area contributed by atoms with E-state index in [9.17, 15) is 4.79 Å². The van der Waals surface area contributed by atoms with Crippen molar-refractivity contribution in [3.8, 4) is 0 Å². The van der Waals surface area contributed by atoms with Gasteiger partial charge in [-0.2, -0.15) is 5.10 Å². The summed E-state index contributed by atoms with van der Waals surface area (Å²) in [5.41, 5.74) is 7.84. The molecule has 17 heavy (non-hydrogen) atoms. The van der Waals surface area contributed by atoms with Gasteiger partial charge < -0.3 is 5.73 Å². The molecule has 0 aliphatic carbocycles. The number of carbonyl (C=O) groups is 1.